The van der Waals surface area contributed by atoms with Gasteiger partial charge in [-0.3, -0.25) is 10.1 Å². The number of anilines is 1. The standard InChI is InChI=1S/C14H11Cl3N2O2/c1-8(9-2-4-10(5-3-9)19(20)21)18-14-7-12(16)11(15)6-13(14)17/h2-8,18H,1H3. The fourth-order valence-corrected chi connectivity index (χ4v) is 2.44. The number of nitro benzene ring substituents is 1. The summed E-state index contributed by atoms with van der Waals surface area (Å²) < 4.78 is 0. The van der Waals surface area contributed by atoms with Crippen LogP contribution < -0.4 is 5.32 Å². The number of rotatable bonds is 4. The maximum Gasteiger partial charge on any atom is 0.269 e. The van der Waals surface area contributed by atoms with E-state index in [-0.39, 0.29) is 11.7 Å². The van der Waals surface area contributed by atoms with E-state index in [1.807, 2.05) is 6.92 Å². The predicted octanol–water partition coefficient (Wildman–Crippen LogP) is 5.73. The second-order valence-corrected chi connectivity index (χ2v) is 5.68. The maximum atomic E-state index is 10.6. The summed E-state index contributed by atoms with van der Waals surface area (Å²) >= 11 is 17.9. The van der Waals surface area contributed by atoms with E-state index in [0.717, 1.165) is 5.56 Å². The number of nitrogens with one attached hydrogen (secondary N) is 1. The van der Waals surface area contributed by atoms with Crippen LogP contribution in [0.4, 0.5) is 11.4 Å². The van der Waals surface area contributed by atoms with Crippen molar-refractivity contribution < 1.29 is 4.92 Å². The number of halogens is 3. The molecule has 110 valence electrons. The first-order chi connectivity index (χ1) is 9.88. The van der Waals surface area contributed by atoms with Gasteiger partial charge >= 0.3 is 0 Å². The predicted molar refractivity (Wildman–Crippen MR) is 86.6 cm³/mol. The Morgan fingerprint density at radius 2 is 1.62 bits per heavy atom. The third kappa shape index (κ3) is 3.79. The molecule has 0 amide bonds. The van der Waals surface area contributed by atoms with Crippen molar-refractivity contribution in [2.45, 2.75) is 13.0 Å². The monoisotopic (exact) mass is 344 g/mol. The average Bonchev–Trinajstić information content (AvgIpc) is 2.44. The molecule has 2 rings (SSSR count). The zero-order valence-electron chi connectivity index (χ0n) is 10.9. The summed E-state index contributed by atoms with van der Waals surface area (Å²) in [5.74, 6) is 0. The maximum absolute atomic E-state index is 10.6. The van der Waals surface area contributed by atoms with Gasteiger partial charge in [0.05, 0.1) is 25.7 Å². The summed E-state index contributed by atoms with van der Waals surface area (Å²) in [4.78, 5) is 10.2. The highest BCUT2D eigenvalue weighted by molar-refractivity contribution is 6.44. The van der Waals surface area contributed by atoms with Crippen LogP contribution in [-0.4, -0.2) is 4.92 Å². The van der Waals surface area contributed by atoms with E-state index >= 15 is 0 Å². The van der Waals surface area contributed by atoms with E-state index in [9.17, 15) is 10.1 Å². The number of nitrogens with zero attached hydrogens (tertiary/aromatic N) is 1. The summed E-state index contributed by atoms with van der Waals surface area (Å²) in [6, 6.07) is 9.43. The minimum atomic E-state index is -0.433. The van der Waals surface area contributed by atoms with Gasteiger partial charge in [0, 0.05) is 18.2 Å². The molecule has 2 aromatic carbocycles. The molecule has 0 heterocycles. The summed E-state index contributed by atoms with van der Waals surface area (Å²) in [5.41, 5.74) is 1.60. The zero-order chi connectivity index (χ0) is 15.6. The normalized spacial score (nSPS) is 12.0. The Kier molecular flexibility index (Phi) is 4.93. The SMILES string of the molecule is CC(Nc1cc(Cl)c(Cl)cc1Cl)c1ccc([N+](=O)[O-])cc1. The van der Waals surface area contributed by atoms with Crippen LogP contribution in [0.15, 0.2) is 36.4 Å². The lowest BCUT2D eigenvalue weighted by Gasteiger charge is -2.17. The molecule has 0 aliphatic rings. The van der Waals surface area contributed by atoms with Crippen LogP contribution in [-0.2, 0) is 0 Å². The van der Waals surface area contributed by atoms with Crippen molar-refractivity contribution in [2.24, 2.45) is 0 Å². The number of nitro groups is 1. The van der Waals surface area contributed by atoms with Crippen LogP contribution in [0.3, 0.4) is 0 Å². The van der Waals surface area contributed by atoms with Gasteiger partial charge in [-0.05, 0) is 24.6 Å². The van der Waals surface area contributed by atoms with E-state index in [1.54, 1.807) is 24.3 Å². The lowest BCUT2D eigenvalue weighted by Crippen LogP contribution is -2.07. The fourth-order valence-electron chi connectivity index (χ4n) is 1.83. The minimum Gasteiger partial charge on any atom is -0.377 e. The molecular weight excluding hydrogens is 335 g/mol. The third-order valence-corrected chi connectivity index (χ3v) is 4.02. The second-order valence-electron chi connectivity index (χ2n) is 4.46. The molecule has 4 nitrogen and oxygen atoms in total. The fraction of sp³-hybridized carbons (Fsp3) is 0.143. The van der Waals surface area contributed by atoms with Crippen LogP contribution in [0.5, 0.6) is 0 Å². The Bertz CT molecular complexity index is 675. The van der Waals surface area contributed by atoms with Gasteiger partial charge in [0.1, 0.15) is 0 Å². The molecule has 1 atom stereocenters. The molecule has 0 fully saturated rings. The lowest BCUT2D eigenvalue weighted by atomic mass is 10.1. The Hall–Kier alpha value is -1.49. The molecule has 0 saturated carbocycles. The molecule has 0 radical (unpaired) electrons. The number of non-ortho nitro benzene ring substituents is 1. The van der Waals surface area contributed by atoms with E-state index in [1.165, 1.54) is 12.1 Å². The molecule has 1 unspecified atom stereocenters. The van der Waals surface area contributed by atoms with Crippen molar-refractivity contribution in [2.75, 3.05) is 5.32 Å². The molecule has 0 aliphatic carbocycles. The van der Waals surface area contributed by atoms with Gasteiger partial charge in [0.2, 0.25) is 0 Å². The minimum absolute atomic E-state index is 0.0542. The molecule has 1 N–H and O–H groups in total. The topological polar surface area (TPSA) is 55.2 Å². The summed E-state index contributed by atoms with van der Waals surface area (Å²) in [5, 5.41) is 15.1. The van der Waals surface area contributed by atoms with E-state index in [0.29, 0.717) is 20.8 Å². The van der Waals surface area contributed by atoms with Crippen molar-refractivity contribution >= 4 is 46.2 Å². The third-order valence-electron chi connectivity index (χ3n) is 2.99. The van der Waals surface area contributed by atoms with Crippen LogP contribution in [0.25, 0.3) is 0 Å². The van der Waals surface area contributed by atoms with Crippen LogP contribution in [0, 0.1) is 10.1 Å². The van der Waals surface area contributed by atoms with Crippen molar-refractivity contribution in [3.8, 4) is 0 Å². The summed E-state index contributed by atoms with van der Waals surface area (Å²) in [7, 11) is 0. The van der Waals surface area contributed by atoms with Gasteiger partial charge in [-0.15, -0.1) is 0 Å². The summed E-state index contributed by atoms with van der Waals surface area (Å²) in [6.45, 7) is 1.92. The van der Waals surface area contributed by atoms with Crippen LogP contribution in [0.1, 0.15) is 18.5 Å². The van der Waals surface area contributed by atoms with Gasteiger partial charge < -0.3 is 5.32 Å². The highest BCUT2D eigenvalue weighted by Gasteiger charge is 2.12. The second kappa shape index (κ2) is 6.52. The van der Waals surface area contributed by atoms with Crippen molar-refractivity contribution in [1.82, 2.24) is 0 Å². The van der Waals surface area contributed by atoms with Crippen molar-refractivity contribution in [3.63, 3.8) is 0 Å². The van der Waals surface area contributed by atoms with Crippen LogP contribution in [0.2, 0.25) is 15.1 Å². The Balaban J connectivity index is 2.19. The van der Waals surface area contributed by atoms with Crippen molar-refractivity contribution in [3.05, 3.63) is 67.1 Å². The molecule has 7 heteroatoms. The average molecular weight is 346 g/mol. The van der Waals surface area contributed by atoms with Gasteiger partial charge in [0.15, 0.2) is 0 Å². The molecule has 0 saturated heterocycles. The highest BCUT2D eigenvalue weighted by atomic mass is 35.5. The highest BCUT2D eigenvalue weighted by Crippen LogP contribution is 2.34. The number of hydrogen-bond donors (Lipinski definition) is 1. The van der Waals surface area contributed by atoms with Crippen molar-refractivity contribution in [1.29, 1.82) is 0 Å². The lowest BCUT2D eigenvalue weighted by molar-refractivity contribution is -0.384. The van der Waals surface area contributed by atoms with Crippen LogP contribution >= 0.6 is 34.8 Å². The Morgan fingerprint density at radius 1 is 1.05 bits per heavy atom. The van der Waals surface area contributed by atoms with Gasteiger partial charge in [0.25, 0.3) is 5.69 Å². The molecular formula is C14H11Cl3N2O2. The summed E-state index contributed by atoms with van der Waals surface area (Å²) in [6.07, 6.45) is 0. The Labute approximate surface area is 136 Å². The Morgan fingerprint density at radius 3 is 2.19 bits per heavy atom. The molecule has 0 bridgehead atoms. The van der Waals surface area contributed by atoms with Gasteiger partial charge in [-0.2, -0.15) is 0 Å². The zero-order valence-corrected chi connectivity index (χ0v) is 13.2. The first-order valence-corrected chi connectivity index (χ1v) is 7.17. The molecule has 0 aromatic heterocycles. The molecule has 2 aromatic rings. The van der Waals surface area contributed by atoms with Gasteiger partial charge in [-0.1, -0.05) is 46.9 Å². The molecule has 0 aliphatic heterocycles. The van der Waals surface area contributed by atoms with E-state index in [2.05, 4.69) is 5.32 Å². The molecule has 21 heavy (non-hydrogen) atoms. The molecule has 0 spiro atoms. The number of benzene rings is 2. The quantitative estimate of drug-likeness (QED) is 0.437. The van der Waals surface area contributed by atoms with E-state index < -0.39 is 4.92 Å². The first-order valence-electron chi connectivity index (χ1n) is 6.04. The number of hydrogen-bond acceptors (Lipinski definition) is 3. The largest absolute Gasteiger partial charge is 0.377 e. The first kappa shape index (κ1) is 15.9. The van der Waals surface area contributed by atoms with Gasteiger partial charge in [-0.25, -0.2) is 0 Å². The smallest absolute Gasteiger partial charge is 0.269 e. The van der Waals surface area contributed by atoms with E-state index in [4.69, 9.17) is 34.8 Å².